The van der Waals surface area contributed by atoms with E-state index >= 15 is 0 Å². The lowest BCUT2D eigenvalue weighted by atomic mass is 10.1. The van der Waals surface area contributed by atoms with Gasteiger partial charge in [-0.15, -0.1) is 0 Å². The second-order valence-corrected chi connectivity index (χ2v) is 2.72. The van der Waals surface area contributed by atoms with Crippen molar-refractivity contribution in [2.24, 2.45) is 5.73 Å². The van der Waals surface area contributed by atoms with Gasteiger partial charge >= 0.3 is 12.1 Å². The van der Waals surface area contributed by atoms with Gasteiger partial charge in [-0.05, 0) is 6.92 Å². The zero-order valence-electron chi connectivity index (χ0n) is 8.57. The van der Waals surface area contributed by atoms with E-state index in [4.69, 9.17) is 5.41 Å². The fraction of sp³-hybridized carbons (Fsp3) is 0.500. The van der Waals surface area contributed by atoms with Crippen molar-refractivity contribution in [2.45, 2.75) is 19.5 Å². The predicted octanol–water partition coefficient (Wildman–Crippen LogP) is 1.61. The van der Waals surface area contributed by atoms with Crippen molar-refractivity contribution in [3.63, 3.8) is 0 Å². The van der Waals surface area contributed by atoms with Crippen LogP contribution in [-0.4, -0.2) is 30.9 Å². The largest absolute Gasteiger partial charge is 0.462 e. The Kier molecular flexibility index (Phi) is 5.05. The van der Waals surface area contributed by atoms with Crippen LogP contribution in [0.25, 0.3) is 0 Å². The molecule has 17 heavy (non-hydrogen) atoms. The van der Waals surface area contributed by atoms with Crippen LogP contribution in [0.15, 0.2) is 11.3 Å². The SMILES string of the molecule is CCOC(=O)/C(C(=N)C(F)F)=C(/N)C(F)(F)F. The van der Waals surface area contributed by atoms with Gasteiger partial charge in [0.15, 0.2) is 0 Å². The van der Waals surface area contributed by atoms with Gasteiger partial charge in [0.05, 0.1) is 6.61 Å². The quantitative estimate of drug-likeness (QED) is 0.349. The van der Waals surface area contributed by atoms with Crippen molar-refractivity contribution in [3.05, 3.63) is 11.3 Å². The van der Waals surface area contributed by atoms with Crippen LogP contribution < -0.4 is 5.73 Å². The normalized spacial score (nSPS) is 13.4. The summed E-state index contributed by atoms with van der Waals surface area (Å²) in [5, 5.41) is 6.73. The molecule has 0 spiro atoms. The van der Waals surface area contributed by atoms with Gasteiger partial charge in [0.25, 0.3) is 6.43 Å². The summed E-state index contributed by atoms with van der Waals surface area (Å²) < 4.78 is 65.0. The number of allylic oxidation sites excluding steroid dienone is 1. The summed E-state index contributed by atoms with van der Waals surface area (Å²) in [6, 6.07) is 0. The molecule has 0 aliphatic carbocycles. The van der Waals surface area contributed by atoms with E-state index in [-0.39, 0.29) is 6.61 Å². The standard InChI is InChI=1S/C8H9F5N2O2/c1-2-17-7(16)3(4(14)6(9)10)5(15)8(11,12)13/h6,14H,2,15H2,1H3/b5-3+,14-4?. The summed E-state index contributed by atoms with van der Waals surface area (Å²) in [4.78, 5) is 11.0. The first-order valence-electron chi connectivity index (χ1n) is 4.23. The number of hydrogen-bond donors (Lipinski definition) is 2. The van der Waals surface area contributed by atoms with Gasteiger partial charge in [-0.2, -0.15) is 13.2 Å². The Bertz CT molecular complexity index is 348. The molecule has 0 saturated carbocycles. The number of nitrogens with two attached hydrogens (primary N) is 1. The minimum atomic E-state index is -5.19. The molecular weight excluding hydrogens is 251 g/mol. The molecule has 0 bridgehead atoms. The molecule has 4 nitrogen and oxygen atoms in total. The van der Waals surface area contributed by atoms with Crippen LogP contribution in [0, 0.1) is 5.41 Å². The number of esters is 1. The monoisotopic (exact) mass is 260 g/mol. The third-order valence-electron chi connectivity index (χ3n) is 1.54. The summed E-state index contributed by atoms with van der Waals surface area (Å²) in [6.07, 6.45) is -8.75. The zero-order chi connectivity index (χ0) is 13.8. The lowest BCUT2D eigenvalue weighted by molar-refractivity contribution is -0.139. The molecule has 0 heterocycles. The van der Waals surface area contributed by atoms with E-state index in [1.807, 2.05) is 0 Å². The summed E-state index contributed by atoms with van der Waals surface area (Å²) in [7, 11) is 0. The molecule has 0 aromatic rings. The maximum Gasteiger partial charge on any atom is 0.431 e. The van der Waals surface area contributed by atoms with Gasteiger partial charge in [-0.1, -0.05) is 0 Å². The molecule has 0 rings (SSSR count). The highest BCUT2D eigenvalue weighted by atomic mass is 19.4. The summed E-state index contributed by atoms with van der Waals surface area (Å²) >= 11 is 0. The van der Waals surface area contributed by atoms with E-state index < -0.39 is 35.6 Å². The van der Waals surface area contributed by atoms with Gasteiger partial charge in [0.2, 0.25) is 0 Å². The van der Waals surface area contributed by atoms with E-state index in [1.165, 1.54) is 6.92 Å². The highest BCUT2D eigenvalue weighted by Crippen LogP contribution is 2.26. The fourth-order valence-corrected chi connectivity index (χ4v) is 0.819. The molecule has 3 N–H and O–H groups in total. The van der Waals surface area contributed by atoms with Gasteiger partial charge in [-0.3, -0.25) is 5.41 Å². The average molecular weight is 260 g/mol. The molecule has 9 heteroatoms. The minimum Gasteiger partial charge on any atom is -0.462 e. The average Bonchev–Trinajstić information content (AvgIpc) is 2.16. The number of rotatable bonds is 4. The van der Waals surface area contributed by atoms with Crippen LogP contribution >= 0.6 is 0 Å². The first kappa shape index (κ1) is 15.3. The highest BCUT2D eigenvalue weighted by Gasteiger charge is 2.39. The maximum absolute atomic E-state index is 12.2. The number of carbonyl (C=O) groups is 1. The molecule has 0 aromatic heterocycles. The van der Waals surface area contributed by atoms with E-state index in [0.29, 0.717) is 0 Å². The third-order valence-corrected chi connectivity index (χ3v) is 1.54. The zero-order valence-corrected chi connectivity index (χ0v) is 8.57. The Morgan fingerprint density at radius 1 is 1.41 bits per heavy atom. The van der Waals surface area contributed by atoms with Crippen LogP contribution in [0.1, 0.15) is 6.92 Å². The summed E-state index contributed by atoms with van der Waals surface area (Å²) in [5.41, 5.74) is -1.00. The van der Waals surface area contributed by atoms with Gasteiger partial charge in [0.1, 0.15) is 17.0 Å². The lowest BCUT2D eigenvalue weighted by Gasteiger charge is -2.13. The van der Waals surface area contributed by atoms with E-state index in [0.717, 1.165) is 0 Å². The summed E-state index contributed by atoms with van der Waals surface area (Å²) in [5.74, 6) is -1.70. The Balaban J connectivity index is 5.56. The Hall–Kier alpha value is -1.67. The molecule has 0 aliphatic heterocycles. The van der Waals surface area contributed by atoms with Crippen LogP contribution in [0.3, 0.4) is 0 Å². The van der Waals surface area contributed by atoms with Crippen molar-refractivity contribution in [3.8, 4) is 0 Å². The van der Waals surface area contributed by atoms with Crippen LogP contribution in [0.2, 0.25) is 0 Å². The molecular formula is C8H9F5N2O2. The van der Waals surface area contributed by atoms with Gasteiger partial charge < -0.3 is 10.5 Å². The first-order chi connectivity index (χ1) is 7.62. The number of carbonyl (C=O) groups excluding carboxylic acids is 1. The van der Waals surface area contributed by atoms with E-state index in [1.54, 1.807) is 0 Å². The molecule has 0 aromatic carbocycles. The van der Waals surface area contributed by atoms with Crippen molar-refractivity contribution in [2.75, 3.05) is 6.61 Å². The Morgan fingerprint density at radius 3 is 2.18 bits per heavy atom. The Morgan fingerprint density at radius 2 is 1.88 bits per heavy atom. The molecule has 0 aliphatic rings. The molecule has 0 radical (unpaired) electrons. The van der Waals surface area contributed by atoms with Crippen LogP contribution in [-0.2, 0) is 9.53 Å². The van der Waals surface area contributed by atoms with Gasteiger partial charge in [0, 0.05) is 0 Å². The number of halogens is 5. The van der Waals surface area contributed by atoms with Crippen molar-refractivity contribution >= 4 is 11.7 Å². The van der Waals surface area contributed by atoms with E-state index in [9.17, 15) is 26.7 Å². The molecule has 0 unspecified atom stereocenters. The fourth-order valence-electron chi connectivity index (χ4n) is 0.819. The highest BCUT2D eigenvalue weighted by molar-refractivity contribution is 6.20. The third kappa shape index (κ3) is 4.00. The van der Waals surface area contributed by atoms with E-state index in [2.05, 4.69) is 10.5 Å². The van der Waals surface area contributed by atoms with Crippen molar-refractivity contribution in [1.29, 1.82) is 5.41 Å². The van der Waals surface area contributed by atoms with Crippen LogP contribution in [0.4, 0.5) is 22.0 Å². The molecule has 0 saturated heterocycles. The maximum atomic E-state index is 12.2. The minimum absolute atomic E-state index is 0.329. The second-order valence-electron chi connectivity index (χ2n) is 2.72. The molecule has 0 atom stereocenters. The second kappa shape index (κ2) is 5.60. The number of hydrogen-bond acceptors (Lipinski definition) is 4. The summed E-state index contributed by atoms with van der Waals surface area (Å²) in [6.45, 7) is 0.940. The lowest BCUT2D eigenvalue weighted by Crippen LogP contribution is -2.31. The van der Waals surface area contributed by atoms with Crippen molar-refractivity contribution < 1.29 is 31.5 Å². The smallest absolute Gasteiger partial charge is 0.431 e. The molecule has 0 fully saturated rings. The Labute approximate surface area is 92.7 Å². The van der Waals surface area contributed by atoms with Gasteiger partial charge in [-0.25, -0.2) is 13.6 Å². The van der Waals surface area contributed by atoms with Crippen LogP contribution in [0.5, 0.6) is 0 Å². The molecule has 98 valence electrons. The number of nitrogens with one attached hydrogen (secondary N) is 1. The van der Waals surface area contributed by atoms with Crippen molar-refractivity contribution in [1.82, 2.24) is 0 Å². The molecule has 0 amide bonds. The first-order valence-corrected chi connectivity index (χ1v) is 4.23. The predicted molar refractivity (Wildman–Crippen MR) is 47.6 cm³/mol. The number of alkyl halides is 5. The number of ether oxygens (including phenoxy) is 1. The topological polar surface area (TPSA) is 76.2 Å².